The summed E-state index contributed by atoms with van der Waals surface area (Å²) in [4.78, 5) is 18.8. The van der Waals surface area contributed by atoms with Crippen molar-refractivity contribution in [2.45, 2.75) is 77.4 Å². The molecule has 268 valence electrons. The molecule has 50 heavy (non-hydrogen) atoms. The second kappa shape index (κ2) is 15.2. The number of ether oxygens (including phenoxy) is 1. The number of nitrogens with zero attached hydrogens (tertiary/aromatic N) is 6. The molecule has 10 heteroatoms. The van der Waals surface area contributed by atoms with Gasteiger partial charge in [0.1, 0.15) is 12.3 Å². The van der Waals surface area contributed by atoms with E-state index in [2.05, 4.69) is 80.4 Å². The Balaban J connectivity index is 0.873. The molecule has 8 nitrogen and oxygen atoms in total. The maximum atomic E-state index is 15.1. The number of rotatable bonds is 9. The number of anilines is 3. The van der Waals surface area contributed by atoms with Gasteiger partial charge >= 0.3 is 0 Å². The fourth-order valence-corrected chi connectivity index (χ4v) is 8.46. The molecule has 0 aliphatic carbocycles. The summed E-state index contributed by atoms with van der Waals surface area (Å²) in [6.45, 7) is 19.2. The minimum atomic E-state index is -0.570. The number of piperidine rings is 3. The van der Waals surface area contributed by atoms with Crippen LogP contribution < -0.4 is 19.9 Å². The van der Waals surface area contributed by atoms with E-state index in [0.29, 0.717) is 36.4 Å². The first-order valence-electron chi connectivity index (χ1n) is 18.7. The zero-order valence-electron chi connectivity index (χ0n) is 30.0. The predicted molar refractivity (Wildman–Crippen MR) is 199 cm³/mol. The quantitative estimate of drug-likeness (QED) is 0.253. The molecule has 3 aromatic rings. The Morgan fingerprint density at radius 3 is 2.42 bits per heavy atom. The van der Waals surface area contributed by atoms with E-state index in [4.69, 9.17) is 4.74 Å². The van der Waals surface area contributed by atoms with Crippen LogP contribution in [0.25, 0.3) is 17.3 Å². The molecule has 0 radical (unpaired) electrons. The van der Waals surface area contributed by atoms with E-state index in [1.165, 1.54) is 74.4 Å². The van der Waals surface area contributed by atoms with Crippen molar-refractivity contribution in [2.75, 3.05) is 74.1 Å². The van der Waals surface area contributed by atoms with Gasteiger partial charge in [0.15, 0.2) is 17.4 Å². The maximum Gasteiger partial charge on any atom is 0.223 e. The molecule has 0 spiro atoms. The third kappa shape index (κ3) is 7.61. The minimum absolute atomic E-state index is 0.0987. The monoisotopic (exact) mass is 685 g/mol. The van der Waals surface area contributed by atoms with Crippen molar-refractivity contribution in [3.63, 3.8) is 0 Å². The standard InChI is InChI=1S/C40H53F2N7O/c1-5-30-22-34(7-6-28(30)4)48-16-8-29(9-17-48)26-46-14-12-33(13-15-46)47-18-10-32(11-19-47)44-40-43-25-36(42)38(45-40)31-23-35(41)39-37(24-31)49(27(2)3)20-21-50-39/h5-7,22-25,27,29,32-33H,1,8-21,26H2,2-4H3,(H,43,44,45). The Kier molecular flexibility index (Phi) is 10.6. The molecule has 3 fully saturated rings. The number of hydrogen-bond donors (Lipinski definition) is 1. The van der Waals surface area contributed by atoms with Gasteiger partial charge in [0.2, 0.25) is 5.95 Å². The first kappa shape index (κ1) is 34.7. The number of likely N-dealkylation sites (tertiary alicyclic amines) is 2. The first-order valence-corrected chi connectivity index (χ1v) is 18.7. The summed E-state index contributed by atoms with van der Waals surface area (Å²) in [5, 5.41) is 3.46. The van der Waals surface area contributed by atoms with Gasteiger partial charge in [0, 0.05) is 62.1 Å². The molecule has 0 saturated carbocycles. The normalized spacial score (nSPS) is 20.2. The van der Waals surface area contributed by atoms with Crippen LogP contribution in [0, 0.1) is 24.5 Å². The summed E-state index contributed by atoms with van der Waals surface area (Å²) in [6.07, 6.45) is 10.1. The lowest BCUT2D eigenvalue weighted by atomic mass is 9.93. The highest BCUT2D eigenvalue weighted by Crippen LogP contribution is 2.39. The zero-order valence-corrected chi connectivity index (χ0v) is 30.0. The molecule has 0 amide bonds. The lowest BCUT2D eigenvalue weighted by Crippen LogP contribution is -2.50. The Labute approximate surface area is 296 Å². The van der Waals surface area contributed by atoms with Gasteiger partial charge in [0.05, 0.1) is 18.4 Å². The summed E-state index contributed by atoms with van der Waals surface area (Å²) in [7, 11) is 0. The van der Waals surface area contributed by atoms with Gasteiger partial charge in [-0.3, -0.25) is 0 Å². The van der Waals surface area contributed by atoms with Crippen LogP contribution in [-0.4, -0.2) is 96.9 Å². The molecule has 7 rings (SSSR count). The smallest absolute Gasteiger partial charge is 0.223 e. The van der Waals surface area contributed by atoms with Crippen molar-refractivity contribution >= 4 is 23.4 Å². The van der Waals surface area contributed by atoms with Crippen LogP contribution in [0.1, 0.15) is 63.5 Å². The lowest BCUT2D eigenvalue weighted by molar-refractivity contribution is 0.0805. The highest BCUT2D eigenvalue weighted by atomic mass is 19.1. The third-order valence-corrected chi connectivity index (χ3v) is 11.5. The van der Waals surface area contributed by atoms with Gasteiger partial charge in [0.25, 0.3) is 0 Å². The van der Waals surface area contributed by atoms with Crippen molar-refractivity contribution < 1.29 is 13.5 Å². The van der Waals surface area contributed by atoms with Crippen LogP contribution in [0.5, 0.6) is 5.75 Å². The van der Waals surface area contributed by atoms with Crippen molar-refractivity contribution in [1.82, 2.24) is 19.8 Å². The summed E-state index contributed by atoms with van der Waals surface area (Å²) < 4.78 is 35.8. The number of aryl methyl sites for hydroxylation is 1. The van der Waals surface area contributed by atoms with E-state index in [-0.39, 0.29) is 23.5 Å². The summed E-state index contributed by atoms with van der Waals surface area (Å²) >= 11 is 0. The molecule has 2 aromatic carbocycles. The van der Waals surface area contributed by atoms with E-state index >= 15 is 8.78 Å². The molecule has 1 N–H and O–H groups in total. The Morgan fingerprint density at radius 2 is 1.70 bits per heavy atom. The number of fused-ring (bicyclic) bond motifs is 1. The number of aromatic nitrogens is 2. The SMILES string of the molecule is C=Cc1cc(N2CCC(CN3CCC(N4CCC(Nc5ncc(F)c(-c6cc(F)c7c(c6)N(C(C)C)CCO7)n5)CC4)CC3)CC2)ccc1C. The van der Waals surface area contributed by atoms with Crippen LogP contribution >= 0.6 is 0 Å². The second-order valence-electron chi connectivity index (χ2n) is 15.0. The van der Waals surface area contributed by atoms with Crippen LogP contribution in [0.2, 0.25) is 0 Å². The number of hydrogen-bond acceptors (Lipinski definition) is 8. The van der Waals surface area contributed by atoms with E-state index < -0.39 is 11.6 Å². The topological polar surface area (TPSA) is 60.0 Å². The second-order valence-corrected chi connectivity index (χ2v) is 15.0. The van der Waals surface area contributed by atoms with Crippen LogP contribution in [-0.2, 0) is 0 Å². The van der Waals surface area contributed by atoms with Gasteiger partial charge in [-0.15, -0.1) is 0 Å². The Morgan fingerprint density at radius 1 is 0.940 bits per heavy atom. The van der Waals surface area contributed by atoms with Gasteiger partial charge in [-0.05, 0) is 114 Å². The lowest BCUT2D eigenvalue weighted by Gasteiger charge is -2.43. The van der Waals surface area contributed by atoms with Gasteiger partial charge in [-0.25, -0.2) is 18.7 Å². The minimum Gasteiger partial charge on any atom is -0.486 e. The molecule has 4 aliphatic rings. The predicted octanol–water partition coefficient (Wildman–Crippen LogP) is 7.24. The molecule has 0 bridgehead atoms. The summed E-state index contributed by atoms with van der Waals surface area (Å²) in [5.74, 6) is 0.304. The molecule has 0 atom stereocenters. The largest absolute Gasteiger partial charge is 0.486 e. The number of nitrogens with one attached hydrogen (secondary N) is 1. The maximum absolute atomic E-state index is 15.1. The van der Waals surface area contributed by atoms with Crippen molar-refractivity contribution in [2.24, 2.45) is 5.92 Å². The number of halogens is 2. The molecule has 4 aliphatic heterocycles. The van der Waals surface area contributed by atoms with E-state index in [1.807, 2.05) is 6.08 Å². The fourth-order valence-electron chi connectivity index (χ4n) is 8.46. The van der Waals surface area contributed by atoms with Crippen molar-refractivity contribution in [3.8, 4) is 17.0 Å². The molecule has 3 saturated heterocycles. The van der Waals surface area contributed by atoms with Crippen LogP contribution in [0.3, 0.4) is 0 Å². The molecule has 1 aromatic heterocycles. The summed E-state index contributed by atoms with van der Waals surface area (Å²) in [5.41, 5.74) is 4.97. The first-order chi connectivity index (χ1) is 24.2. The molecule has 5 heterocycles. The van der Waals surface area contributed by atoms with Crippen molar-refractivity contribution in [3.05, 3.63) is 65.9 Å². The average molecular weight is 686 g/mol. The van der Waals surface area contributed by atoms with Crippen LogP contribution in [0.4, 0.5) is 26.1 Å². The summed E-state index contributed by atoms with van der Waals surface area (Å²) in [6, 6.07) is 10.9. The number of benzene rings is 2. The van der Waals surface area contributed by atoms with Gasteiger partial charge < -0.3 is 29.7 Å². The highest BCUT2D eigenvalue weighted by molar-refractivity contribution is 5.73. The van der Waals surface area contributed by atoms with Crippen molar-refractivity contribution in [1.29, 1.82) is 0 Å². The average Bonchev–Trinajstić information content (AvgIpc) is 3.13. The van der Waals surface area contributed by atoms with Gasteiger partial charge in [-0.1, -0.05) is 18.7 Å². The van der Waals surface area contributed by atoms with Gasteiger partial charge in [-0.2, -0.15) is 0 Å². The van der Waals surface area contributed by atoms with E-state index in [0.717, 1.165) is 44.9 Å². The molecular formula is C40H53F2N7O. The Bertz CT molecular complexity index is 1640. The molecular weight excluding hydrogens is 632 g/mol. The van der Waals surface area contributed by atoms with Crippen LogP contribution in [0.15, 0.2) is 43.1 Å². The fraction of sp³-hybridized carbons (Fsp3) is 0.550. The zero-order chi connectivity index (χ0) is 34.8. The van der Waals surface area contributed by atoms with E-state index in [9.17, 15) is 0 Å². The highest BCUT2D eigenvalue weighted by Gasteiger charge is 2.31. The van der Waals surface area contributed by atoms with E-state index in [1.54, 1.807) is 6.07 Å². The third-order valence-electron chi connectivity index (χ3n) is 11.5. The Hall–Kier alpha value is -3.76. The molecule has 0 unspecified atom stereocenters.